The molecule has 0 N–H and O–H groups in total. The summed E-state index contributed by atoms with van der Waals surface area (Å²) < 4.78 is 21.5. The minimum absolute atomic E-state index is 0.114. The van der Waals surface area contributed by atoms with Crippen LogP contribution < -0.4 is 14.2 Å². The van der Waals surface area contributed by atoms with Crippen LogP contribution in [-0.2, 0) is 6.61 Å². The van der Waals surface area contributed by atoms with Crippen LogP contribution in [0.5, 0.6) is 17.2 Å². The molecule has 9 heteroatoms. The molecule has 1 heterocycles. The van der Waals surface area contributed by atoms with Crippen molar-refractivity contribution in [1.29, 1.82) is 0 Å². The third-order valence-electron chi connectivity index (χ3n) is 3.66. The van der Waals surface area contributed by atoms with Crippen LogP contribution in [-0.4, -0.2) is 36.0 Å². The van der Waals surface area contributed by atoms with Crippen molar-refractivity contribution in [1.82, 2.24) is 10.2 Å². The van der Waals surface area contributed by atoms with Gasteiger partial charge in [-0.2, -0.15) is 0 Å². The maximum Gasteiger partial charge on any atom is 0.277 e. The van der Waals surface area contributed by atoms with Gasteiger partial charge in [0.25, 0.3) is 11.1 Å². The molecule has 0 aliphatic carbocycles. The van der Waals surface area contributed by atoms with Crippen molar-refractivity contribution < 1.29 is 23.4 Å². The Morgan fingerprint density at radius 1 is 1.07 bits per heavy atom. The molecule has 2 aromatic carbocycles. The highest BCUT2D eigenvalue weighted by atomic mass is 35.5. The van der Waals surface area contributed by atoms with Crippen LogP contribution in [0.4, 0.5) is 0 Å². The van der Waals surface area contributed by atoms with E-state index in [1.54, 1.807) is 42.5 Å². The first-order chi connectivity index (χ1) is 13.6. The van der Waals surface area contributed by atoms with E-state index in [1.165, 1.54) is 14.2 Å². The second-order valence-corrected chi connectivity index (χ2v) is 6.85. The third kappa shape index (κ3) is 5.17. The van der Waals surface area contributed by atoms with E-state index in [9.17, 15) is 4.79 Å². The van der Waals surface area contributed by atoms with Crippen LogP contribution in [0.15, 0.2) is 52.1 Å². The summed E-state index contributed by atoms with van der Waals surface area (Å²) in [5.41, 5.74) is 0.431. The highest BCUT2D eigenvalue weighted by Crippen LogP contribution is 2.27. The van der Waals surface area contributed by atoms with E-state index >= 15 is 0 Å². The van der Waals surface area contributed by atoms with E-state index in [1.807, 2.05) is 0 Å². The number of rotatable bonds is 9. The van der Waals surface area contributed by atoms with Crippen molar-refractivity contribution >= 4 is 29.1 Å². The number of aromatic nitrogens is 2. The van der Waals surface area contributed by atoms with E-state index in [-0.39, 0.29) is 23.4 Å². The summed E-state index contributed by atoms with van der Waals surface area (Å²) in [5, 5.41) is 8.75. The fraction of sp³-hybridized carbons (Fsp3) is 0.211. The Morgan fingerprint density at radius 2 is 1.82 bits per heavy atom. The summed E-state index contributed by atoms with van der Waals surface area (Å²) in [6.45, 7) is 0.118. The van der Waals surface area contributed by atoms with Gasteiger partial charge in [0.1, 0.15) is 17.2 Å². The van der Waals surface area contributed by atoms with Gasteiger partial charge < -0.3 is 18.6 Å². The number of benzene rings is 2. The molecular weight excluding hydrogens is 404 g/mol. The Balaban J connectivity index is 1.56. The van der Waals surface area contributed by atoms with Crippen LogP contribution in [0.3, 0.4) is 0 Å². The van der Waals surface area contributed by atoms with Gasteiger partial charge in [0.2, 0.25) is 0 Å². The molecule has 0 radical (unpaired) electrons. The summed E-state index contributed by atoms with van der Waals surface area (Å²) in [7, 11) is 3.05. The molecule has 1 aromatic heterocycles. The molecular formula is C19H17ClN2O5S. The van der Waals surface area contributed by atoms with Crippen molar-refractivity contribution in [2.45, 2.75) is 11.8 Å². The minimum Gasteiger partial charge on any atom is -0.497 e. The maximum absolute atomic E-state index is 12.5. The first-order valence-corrected chi connectivity index (χ1v) is 9.54. The molecule has 3 rings (SSSR count). The molecule has 0 saturated heterocycles. The zero-order chi connectivity index (χ0) is 19.9. The van der Waals surface area contributed by atoms with Crippen molar-refractivity contribution in [3.05, 3.63) is 58.9 Å². The number of ether oxygens (including phenoxy) is 3. The molecule has 146 valence electrons. The second kappa shape index (κ2) is 9.48. The van der Waals surface area contributed by atoms with Crippen LogP contribution in [0, 0.1) is 0 Å². The van der Waals surface area contributed by atoms with Crippen molar-refractivity contribution in [3.63, 3.8) is 0 Å². The molecule has 0 aliphatic rings. The van der Waals surface area contributed by atoms with Gasteiger partial charge in [0.05, 0.1) is 25.5 Å². The van der Waals surface area contributed by atoms with Gasteiger partial charge in [-0.1, -0.05) is 23.4 Å². The standard InChI is InChI=1S/C19H17ClN2O5S/c1-24-14-7-8-17(25-2)15(9-14)16(23)11-28-19-22-21-18(27-19)10-26-13-5-3-12(20)4-6-13/h3-9H,10-11H2,1-2H3. The number of hydrogen-bond acceptors (Lipinski definition) is 8. The summed E-state index contributed by atoms with van der Waals surface area (Å²) in [6.07, 6.45) is 0. The zero-order valence-electron chi connectivity index (χ0n) is 15.2. The van der Waals surface area contributed by atoms with Gasteiger partial charge in [-0.15, -0.1) is 10.2 Å². The average molecular weight is 421 g/mol. The molecule has 0 bridgehead atoms. The maximum atomic E-state index is 12.5. The SMILES string of the molecule is COc1ccc(OC)c(C(=O)CSc2nnc(COc3ccc(Cl)cc3)o2)c1. The highest BCUT2D eigenvalue weighted by Gasteiger charge is 2.16. The van der Waals surface area contributed by atoms with E-state index in [2.05, 4.69) is 10.2 Å². The number of Topliss-reactive ketones (excluding diaryl/α,β-unsaturated/α-hetero) is 1. The number of carbonyl (C=O) groups is 1. The quantitative estimate of drug-likeness (QED) is 0.374. The molecule has 28 heavy (non-hydrogen) atoms. The summed E-state index contributed by atoms with van der Waals surface area (Å²) >= 11 is 6.97. The van der Waals surface area contributed by atoms with Gasteiger partial charge in [-0.25, -0.2) is 0 Å². The predicted octanol–water partition coefficient (Wildman–Crippen LogP) is 4.29. The average Bonchev–Trinajstić information content (AvgIpc) is 3.19. The first-order valence-electron chi connectivity index (χ1n) is 8.18. The number of halogens is 1. The van der Waals surface area contributed by atoms with Crippen LogP contribution in [0.25, 0.3) is 0 Å². The van der Waals surface area contributed by atoms with Crippen LogP contribution in [0.2, 0.25) is 5.02 Å². The third-order valence-corrected chi connectivity index (χ3v) is 4.73. The second-order valence-electron chi connectivity index (χ2n) is 5.48. The number of methoxy groups -OCH3 is 2. The molecule has 0 unspecified atom stereocenters. The Morgan fingerprint density at radius 3 is 2.54 bits per heavy atom. The lowest BCUT2D eigenvalue weighted by molar-refractivity contribution is 0.101. The molecule has 0 fully saturated rings. The Bertz CT molecular complexity index is 946. The Kier molecular flexibility index (Phi) is 6.78. The number of thioether (sulfide) groups is 1. The smallest absolute Gasteiger partial charge is 0.277 e. The predicted molar refractivity (Wildman–Crippen MR) is 105 cm³/mol. The van der Waals surface area contributed by atoms with E-state index < -0.39 is 0 Å². The number of hydrogen-bond donors (Lipinski definition) is 0. The largest absolute Gasteiger partial charge is 0.497 e. The molecule has 3 aromatic rings. The molecule has 0 aliphatic heterocycles. The summed E-state index contributed by atoms with van der Waals surface area (Å²) in [5.74, 6) is 1.98. The fourth-order valence-corrected chi connectivity index (χ4v) is 3.06. The van der Waals surface area contributed by atoms with Gasteiger partial charge in [0.15, 0.2) is 12.4 Å². The van der Waals surface area contributed by atoms with E-state index in [4.69, 9.17) is 30.2 Å². The lowest BCUT2D eigenvalue weighted by atomic mass is 10.1. The minimum atomic E-state index is -0.141. The normalized spacial score (nSPS) is 10.5. The van der Waals surface area contributed by atoms with Gasteiger partial charge in [-0.05, 0) is 42.5 Å². The van der Waals surface area contributed by atoms with Gasteiger partial charge in [0, 0.05) is 5.02 Å². The summed E-state index contributed by atoms with van der Waals surface area (Å²) in [4.78, 5) is 12.5. The lowest BCUT2D eigenvalue weighted by Gasteiger charge is -2.08. The lowest BCUT2D eigenvalue weighted by Crippen LogP contribution is -2.05. The first kappa shape index (κ1) is 20.0. The molecule has 0 atom stereocenters. The molecule has 0 saturated carbocycles. The number of carbonyl (C=O) groups excluding carboxylic acids is 1. The topological polar surface area (TPSA) is 83.7 Å². The Labute approximate surface area is 171 Å². The fourth-order valence-electron chi connectivity index (χ4n) is 2.27. The van der Waals surface area contributed by atoms with E-state index in [0.29, 0.717) is 33.7 Å². The number of nitrogens with zero attached hydrogens (tertiary/aromatic N) is 2. The monoisotopic (exact) mass is 420 g/mol. The van der Waals surface area contributed by atoms with Crippen molar-refractivity contribution in [2.24, 2.45) is 0 Å². The molecule has 0 spiro atoms. The Hall–Kier alpha value is -2.71. The zero-order valence-corrected chi connectivity index (χ0v) is 16.7. The van der Waals surface area contributed by atoms with Crippen molar-refractivity contribution in [3.8, 4) is 17.2 Å². The summed E-state index contributed by atoms with van der Waals surface area (Å²) in [6, 6.07) is 12.0. The van der Waals surface area contributed by atoms with Gasteiger partial charge >= 0.3 is 0 Å². The highest BCUT2D eigenvalue weighted by molar-refractivity contribution is 7.99. The van der Waals surface area contributed by atoms with Crippen molar-refractivity contribution in [2.75, 3.05) is 20.0 Å². The number of ketones is 1. The molecule has 0 amide bonds. The molecule has 7 nitrogen and oxygen atoms in total. The van der Waals surface area contributed by atoms with Gasteiger partial charge in [-0.3, -0.25) is 4.79 Å². The van der Waals surface area contributed by atoms with Crippen LogP contribution in [0.1, 0.15) is 16.2 Å². The van der Waals surface area contributed by atoms with E-state index in [0.717, 1.165) is 11.8 Å². The van der Waals surface area contributed by atoms with Crippen LogP contribution >= 0.6 is 23.4 Å².